The van der Waals surface area contributed by atoms with Gasteiger partial charge in [-0.1, -0.05) is 86.2 Å². The second kappa shape index (κ2) is 5.09. The van der Waals surface area contributed by atoms with E-state index in [0.717, 1.165) is 6.42 Å². The average molecular weight is 298 g/mol. The summed E-state index contributed by atoms with van der Waals surface area (Å²) < 4.78 is 0. The van der Waals surface area contributed by atoms with Crippen LogP contribution in [0.3, 0.4) is 0 Å². The van der Waals surface area contributed by atoms with Gasteiger partial charge >= 0.3 is 0 Å². The van der Waals surface area contributed by atoms with Crippen molar-refractivity contribution in [3.8, 4) is 0 Å². The molecule has 2 aromatic rings. The first-order valence-corrected chi connectivity index (χ1v) is 8.35. The molecule has 0 aromatic heterocycles. The Hall–Kier alpha value is -2.34. The third kappa shape index (κ3) is 2.49. The molecule has 0 saturated carbocycles. The second-order valence-corrected chi connectivity index (χ2v) is 7.32. The van der Waals surface area contributed by atoms with Crippen LogP contribution in [0.25, 0.3) is 35.1 Å². The minimum atomic E-state index is 0.0810. The topological polar surface area (TPSA) is 0 Å². The highest BCUT2D eigenvalue weighted by atomic mass is 14.2. The van der Waals surface area contributed by atoms with Crippen molar-refractivity contribution in [3.63, 3.8) is 0 Å². The molecule has 0 radical (unpaired) electrons. The molecule has 0 unspecified atom stereocenters. The second-order valence-electron chi connectivity index (χ2n) is 7.32. The molecule has 0 saturated heterocycles. The van der Waals surface area contributed by atoms with Crippen LogP contribution >= 0.6 is 0 Å². The van der Waals surface area contributed by atoms with Crippen LogP contribution in [0.2, 0.25) is 0 Å². The third-order valence-electron chi connectivity index (χ3n) is 4.79. The lowest BCUT2D eigenvalue weighted by atomic mass is 9.92. The fourth-order valence-corrected chi connectivity index (χ4v) is 3.57. The lowest BCUT2D eigenvalue weighted by molar-refractivity contribution is 0.674. The van der Waals surface area contributed by atoms with E-state index in [-0.39, 0.29) is 5.41 Å². The highest BCUT2D eigenvalue weighted by Gasteiger charge is 2.15. The van der Waals surface area contributed by atoms with Crippen molar-refractivity contribution in [1.29, 1.82) is 0 Å². The highest BCUT2D eigenvalue weighted by Crippen LogP contribution is 2.28. The van der Waals surface area contributed by atoms with E-state index >= 15 is 0 Å². The molecular weight excluding hydrogens is 276 g/mol. The molecule has 0 fully saturated rings. The van der Waals surface area contributed by atoms with Gasteiger partial charge in [0.2, 0.25) is 0 Å². The number of rotatable bonds is 0. The van der Waals surface area contributed by atoms with Crippen LogP contribution in [0.1, 0.15) is 38.3 Å². The number of allylic oxidation sites excluding steroid dienone is 4. The van der Waals surface area contributed by atoms with Gasteiger partial charge in [-0.15, -0.1) is 0 Å². The van der Waals surface area contributed by atoms with Gasteiger partial charge in [-0.25, -0.2) is 0 Å². The van der Waals surface area contributed by atoms with E-state index in [2.05, 4.69) is 87.6 Å². The fraction of sp³-hybridized carbons (Fsp3) is 0.217. The fourth-order valence-electron chi connectivity index (χ4n) is 3.57. The smallest absolute Gasteiger partial charge is 0.00169 e. The van der Waals surface area contributed by atoms with Gasteiger partial charge in [-0.3, -0.25) is 0 Å². The Morgan fingerprint density at radius 3 is 2.35 bits per heavy atom. The maximum Gasteiger partial charge on any atom is 0.00169 e. The van der Waals surface area contributed by atoms with Crippen LogP contribution in [0.15, 0.2) is 48.1 Å². The maximum atomic E-state index is 2.39. The van der Waals surface area contributed by atoms with Crippen LogP contribution in [-0.4, -0.2) is 0 Å². The Bertz CT molecular complexity index is 1010. The first kappa shape index (κ1) is 14.3. The molecule has 114 valence electrons. The molecule has 0 spiro atoms. The van der Waals surface area contributed by atoms with Gasteiger partial charge in [0.1, 0.15) is 0 Å². The summed E-state index contributed by atoms with van der Waals surface area (Å²) >= 11 is 0. The van der Waals surface area contributed by atoms with Crippen molar-refractivity contribution < 1.29 is 0 Å². The molecule has 0 nitrogen and oxygen atoms in total. The first-order chi connectivity index (χ1) is 11.0. The van der Waals surface area contributed by atoms with Gasteiger partial charge in [-0.2, -0.15) is 0 Å². The summed E-state index contributed by atoms with van der Waals surface area (Å²) in [6.07, 6.45) is 17.1. The predicted molar refractivity (Wildman–Crippen MR) is 102 cm³/mol. The Kier molecular flexibility index (Phi) is 3.16. The lowest BCUT2D eigenvalue weighted by Crippen LogP contribution is -2.15. The van der Waals surface area contributed by atoms with Crippen LogP contribution in [0.5, 0.6) is 0 Å². The Morgan fingerprint density at radius 1 is 0.826 bits per heavy atom. The van der Waals surface area contributed by atoms with Crippen molar-refractivity contribution in [1.82, 2.24) is 0 Å². The molecule has 0 N–H and O–H groups in total. The quantitative estimate of drug-likeness (QED) is 0.654. The van der Waals surface area contributed by atoms with E-state index < -0.39 is 0 Å². The van der Waals surface area contributed by atoms with E-state index in [9.17, 15) is 0 Å². The summed E-state index contributed by atoms with van der Waals surface area (Å²) in [4.78, 5) is 0. The Labute approximate surface area is 137 Å². The standard InChI is InChI=1S/C23H22/c1-16-5-4-6-17-9-10-19-13-14-23(2,3)15-20-12-11-18(8-7-16)21(17)22(19)20/h4,6-15H,5H2,1-3H3. The monoisotopic (exact) mass is 298 g/mol. The van der Waals surface area contributed by atoms with Gasteiger partial charge in [0.15, 0.2) is 0 Å². The molecule has 0 heteroatoms. The van der Waals surface area contributed by atoms with Crippen molar-refractivity contribution in [2.24, 2.45) is 5.41 Å². The summed E-state index contributed by atoms with van der Waals surface area (Å²) in [5.74, 6) is 0. The SMILES string of the molecule is CC1=CC=c2ccc3c4c(ccc(c24)C=CC1)C=CC(C)(C)C=3. The largest absolute Gasteiger partial charge is 0.0799 e. The van der Waals surface area contributed by atoms with Crippen LogP contribution in [0.4, 0.5) is 0 Å². The van der Waals surface area contributed by atoms with Crippen molar-refractivity contribution in [2.45, 2.75) is 27.2 Å². The van der Waals surface area contributed by atoms with E-state index in [1.807, 2.05) is 0 Å². The summed E-state index contributed by atoms with van der Waals surface area (Å²) in [6.45, 7) is 6.73. The normalized spacial score (nSPS) is 18.1. The summed E-state index contributed by atoms with van der Waals surface area (Å²) in [5, 5.41) is 5.42. The predicted octanol–water partition coefficient (Wildman–Crippen LogP) is 4.82. The Balaban J connectivity index is 2.24. The van der Waals surface area contributed by atoms with Crippen molar-refractivity contribution in [3.05, 3.63) is 69.6 Å². The zero-order valence-corrected chi connectivity index (χ0v) is 14.1. The number of hydrogen-bond donors (Lipinski definition) is 0. The number of benzene rings is 2. The molecule has 0 amide bonds. The molecule has 2 aliphatic rings. The lowest BCUT2D eigenvalue weighted by Gasteiger charge is -2.12. The molecular formula is C23H22. The minimum Gasteiger partial charge on any atom is -0.0799 e. The van der Waals surface area contributed by atoms with E-state index in [1.165, 1.54) is 37.9 Å². The molecule has 23 heavy (non-hydrogen) atoms. The van der Waals surface area contributed by atoms with Crippen LogP contribution < -0.4 is 10.4 Å². The molecule has 2 aromatic carbocycles. The molecule has 4 rings (SSSR count). The molecule has 0 aliphatic heterocycles. The minimum absolute atomic E-state index is 0.0810. The summed E-state index contributed by atoms with van der Waals surface area (Å²) in [6, 6.07) is 9.07. The zero-order chi connectivity index (χ0) is 16.0. The van der Waals surface area contributed by atoms with E-state index in [0.29, 0.717) is 0 Å². The Morgan fingerprint density at radius 2 is 1.52 bits per heavy atom. The maximum absolute atomic E-state index is 2.39. The van der Waals surface area contributed by atoms with Crippen LogP contribution in [0, 0.1) is 5.41 Å². The van der Waals surface area contributed by atoms with Gasteiger partial charge in [0.25, 0.3) is 0 Å². The third-order valence-corrected chi connectivity index (χ3v) is 4.79. The first-order valence-electron chi connectivity index (χ1n) is 8.35. The van der Waals surface area contributed by atoms with Gasteiger partial charge in [0, 0.05) is 5.41 Å². The van der Waals surface area contributed by atoms with Crippen LogP contribution in [-0.2, 0) is 0 Å². The summed E-state index contributed by atoms with van der Waals surface area (Å²) in [5.41, 5.74) is 4.12. The number of hydrogen-bond acceptors (Lipinski definition) is 0. The molecule has 0 heterocycles. The van der Waals surface area contributed by atoms with Crippen molar-refractivity contribution >= 4 is 35.1 Å². The average Bonchev–Trinajstić information content (AvgIpc) is 2.59. The van der Waals surface area contributed by atoms with Gasteiger partial charge in [0.05, 0.1) is 0 Å². The van der Waals surface area contributed by atoms with E-state index in [4.69, 9.17) is 0 Å². The van der Waals surface area contributed by atoms with Crippen molar-refractivity contribution in [2.75, 3.05) is 0 Å². The molecule has 0 bridgehead atoms. The zero-order valence-electron chi connectivity index (χ0n) is 14.1. The molecule has 2 aliphatic carbocycles. The molecule has 0 atom stereocenters. The summed E-state index contributed by atoms with van der Waals surface area (Å²) in [7, 11) is 0. The van der Waals surface area contributed by atoms with E-state index in [1.54, 1.807) is 0 Å². The van der Waals surface area contributed by atoms with Gasteiger partial charge in [-0.05, 0) is 45.7 Å². The highest BCUT2D eigenvalue weighted by molar-refractivity contribution is 5.98. The van der Waals surface area contributed by atoms with Gasteiger partial charge < -0.3 is 0 Å².